The number of aliphatic hydroxyl groups is 1. The van der Waals surface area contributed by atoms with Gasteiger partial charge in [-0.3, -0.25) is 4.79 Å². The molecule has 0 fully saturated rings. The van der Waals surface area contributed by atoms with Crippen molar-refractivity contribution in [2.75, 3.05) is 6.54 Å². The van der Waals surface area contributed by atoms with Crippen LogP contribution in [0.2, 0.25) is 0 Å². The molecule has 1 aromatic carbocycles. The Bertz CT molecular complexity index is 602. The maximum atomic E-state index is 12.3. The monoisotopic (exact) mass is 288 g/mol. The molecule has 1 aromatic heterocycles. The summed E-state index contributed by atoms with van der Waals surface area (Å²) in [5.74, 6) is -0.246. The number of aliphatic hydroxyl groups excluding tert-OH is 1. The molecule has 0 radical (unpaired) electrons. The van der Waals surface area contributed by atoms with E-state index in [2.05, 4.69) is 15.6 Å². The lowest BCUT2D eigenvalue weighted by Crippen LogP contribution is -2.39. The van der Waals surface area contributed by atoms with Crippen LogP contribution in [-0.4, -0.2) is 38.7 Å². The van der Waals surface area contributed by atoms with Crippen LogP contribution in [0.25, 0.3) is 5.69 Å². The highest BCUT2D eigenvalue weighted by Gasteiger charge is 2.23. The maximum Gasteiger partial charge on any atom is 0.253 e. The van der Waals surface area contributed by atoms with Crippen molar-refractivity contribution in [2.24, 2.45) is 5.41 Å². The Morgan fingerprint density at radius 2 is 2.10 bits per heavy atom. The zero-order valence-electron chi connectivity index (χ0n) is 12.4. The predicted octanol–water partition coefficient (Wildman–Crippen LogP) is 1.40. The van der Waals surface area contributed by atoms with Crippen molar-refractivity contribution in [1.29, 1.82) is 0 Å². The van der Waals surface area contributed by atoms with Gasteiger partial charge in [0.1, 0.15) is 0 Å². The first-order valence-corrected chi connectivity index (χ1v) is 6.81. The molecule has 1 atom stereocenters. The molecule has 21 heavy (non-hydrogen) atoms. The third-order valence-electron chi connectivity index (χ3n) is 3.27. The standard InChI is InChI=1S/C15H20N4O2/c1-15(2,3)13(20)10-16-14(21)11-6-4-5-7-12(11)19-9-8-17-18-19/h4-9,13,20H,10H2,1-3H3,(H,16,21)/t13-/m0/s1. The Labute approximate surface area is 123 Å². The molecule has 1 heterocycles. The highest BCUT2D eigenvalue weighted by Crippen LogP contribution is 2.18. The molecule has 112 valence electrons. The molecular formula is C15H20N4O2. The topological polar surface area (TPSA) is 80.0 Å². The summed E-state index contributed by atoms with van der Waals surface area (Å²) in [5, 5.41) is 20.4. The third kappa shape index (κ3) is 3.66. The van der Waals surface area contributed by atoms with Gasteiger partial charge in [-0.05, 0) is 17.5 Å². The summed E-state index contributed by atoms with van der Waals surface area (Å²) < 4.78 is 1.54. The number of para-hydroxylation sites is 1. The molecule has 1 amide bonds. The SMILES string of the molecule is CC(C)(C)[C@@H](O)CNC(=O)c1ccccc1-n1ccnn1. The van der Waals surface area contributed by atoms with Crippen molar-refractivity contribution in [3.05, 3.63) is 42.2 Å². The van der Waals surface area contributed by atoms with E-state index in [-0.39, 0.29) is 17.9 Å². The quantitative estimate of drug-likeness (QED) is 0.891. The molecule has 0 bridgehead atoms. The van der Waals surface area contributed by atoms with Gasteiger partial charge in [0.25, 0.3) is 5.91 Å². The molecule has 2 aromatic rings. The van der Waals surface area contributed by atoms with E-state index >= 15 is 0 Å². The molecule has 0 saturated carbocycles. The third-order valence-corrected chi connectivity index (χ3v) is 3.27. The van der Waals surface area contributed by atoms with Gasteiger partial charge in [-0.1, -0.05) is 38.1 Å². The number of aromatic nitrogens is 3. The van der Waals surface area contributed by atoms with E-state index in [0.717, 1.165) is 0 Å². The second kappa shape index (κ2) is 6.05. The number of nitrogens with one attached hydrogen (secondary N) is 1. The van der Waals surface area contributed by atoms with Crippen LogP contribution < -0.4 is 5.32 Å². The van der Waals surface area contributed by atoms with Crippen molar-refractivity contribution in [3.8, 4) is 5.69 Å². The normalized spacial score (nSPS) is 13.0. The first-order valence-electron chi connectivity index (χ1n) is 6.81. The molecule has 0 aliphatic carbocycles. The lowest BCUT2D eigenvalue weighted by molar-refractivity contribution is 0.0587. The van der Waals surface area contributed by atoms with Gasteiger partial charge in [0.2, 0.25) is 0 Å². The Morgan fingerprint density at radius 1 is 1.38 bits per heavy atom. The van der Waals surface area contributed by atoms with Crippen molar-refractivity contribution in [3.63, 3.8) is 0 Å². The Balaban J connectivity index is 2.14. The predicted molar refractivity (Wildman–Crippen MR) is 79.2 cm³/mol. The van der Waals surface area contributed by atoms with E-state index in [1.165, 1.54) is 4.68 Å². The molecule has 0 aliphatic heterocycles. The van der Waals surface area contributed by atoms with Crippen molar-refractivity contribution < 1.29 is 9.90 Å². The van der Waals surface area contributed by atoms with Crippen molar-refractivity contribution in [2.45, 2.75) is 26.9 Å². The summed E-state index contributed by atoms with van der Waals surface area (Å²) in [6.07, 6.45) is 2.62. The number of hydrogen-bond acceptors (Lipinski definition) is 4. The Morgan fingerprint density at radius 3 is 2.71 bits per heavy atom. The van der Waals surface area contributed by atoms with Gasteiger partial charge in [0, 0.05) is 6.54 Å². The smallest absolute Gasteiger partial charge is 0.253 e. The Hall–Kier alpha value is -2.21. The molecular weight excluding hydrogens is 268 g/mol. The molecule has 0 saturated heterocycles. The summed E-state index contributed by atoms with van der Waals surface area (Å²) >= 11 is 0. The zero-order valence-corrected chi connectivity index (χ0v) is 12.4. The zero-order chi connectivity index (χ0) is 15.5. The van der Waals surface area contributed by atoms with Crippen molar-refractivity contribution in [1.82, 2.24) is 20.3 Å². The van der Waals surface area contributed by atoms with Gasteiger partial charge in [0.15, 0.2) is 0 Å². The molecule has 0 spiro atoms. The summed E-state index contributed by atoms with van der Waals surface area (Å²) in [6.45, 7) is 5.97. The summed E-state index contributed by atoms with van der Waals surface area (Å²) in [4.78, 5) is 12.3. The average molecular weight is 288 g/mol. The molecule has 0 aliphatic rings. The average Bonchev–Trinajstić information content (AvgIpc) is 2.97. The van der Waals surface area contributed by atoms with Crippen LogP contribution in [-0.2, 0) is 0 Å². The fourth-order valence-corrected chi connectivity index (χ4v) is 1.79. The minimum Gasteiger partial charge on any atom is -0.391 e. The number of carbonyl (C=O) groups excluding carboxylic acids is 1. The number of benzene rings is 1. The van der Waals surface area contributed by atoms with Crippen LogP contribution in [0.1, 0.15) is 31.1 Å². The van der Waals surface area contributed by atoms with E-state index in [1.807, 2.05) is 26.8 Å². The molecule has 2 rings (SSSR count). The second-order valence-corrected chi connectivity index (χ2v) is 5.96. The highest BCUT2D eigenvalue weighted by molar-refractivity contribution is 5.97. The van der Waals surface area contributed by atoms with Gasteiger partial charge in [-0.15, -0.1) is 5.10 Å². The van der Waals surface area contributed by atoms with Crippen LogP contribution in [0, 0.1) is 5.41 Å². The summed E-state index contributed by atoms with van der Waals surface area (Å²) in [5.41, 5.74) is 0.862. The first kappa shape index (κ1) is 15.2. The van der Waals surface area contributed by atoms with Gasteiger partial charge in [-0.25, -0.2) is 4.68 Å². The van der Waals surface area contributed by atoms with Gasteiger partial charge < -0.3 is 10.4 Å². The molecule has 6 heteroatoms. The Kier molecular flexibility index (Phi) is 4.37. The minimum atomic E-state index is -0.611. The number of nitrogens with zero attached hydrogens (tertiary/aromatic N) is 3. The number of carbonyl (C=O) groups is 1. The van der Waals surface area contributed by atoms with E-state index in [0.29, 0.717) is 11.3 Å². The molecule has 2 N–H and O–H groups in total. The van der Waals surface area contributed by atoms with E-state index < -0.39 is 6.10 Å². The van der Waals surface area contributed by atoms with Gasteiger partial charge in [-0.2, -0.15) is 0 Å². The minimum absolute atomic E-state index is 0.202. The second-order valence-electron chi connectivity index (χ2n) is 5.96. The summed E-state index contributed by atoms with van der Waals surface area (Å²) in [7, 11) is 0. The molecule has 0 unspecified atom stereocenters. The van der Waals surface area contributed by atoms with Crippen LogP contribution in [0.15, 0.2) is 36.7 Å². The summed E-state index contributed by atoms with van der Waals surface area (Å²) in [6, 6.07) is 7.13. The number of hydrogen-bond donors (Lipinski definition) is 2. The van der Waals surface area contributed by atoms with E-state index in [9.17, 15) is 9.90 Å². The van der Waals surface area contributed by atoms with Gasteiger partial charge >= 0.3 is 0 Å². The van der Waals surface area contributed by atoms with E-state index in [4.69, 9.17) is 0 Å². The lowest BCUT2D eigenvalue weighted by atomic mass is 9.89. The molecule has 6 nitrogen and oxygen atoms in total. The maximum absolute atomic E-state index is 12.3. The van der Waals surface area contributed by atoms with Crippen LogP contribution in [0.3, 0.4) is 0 Å². The van der Waals surface area contributed by atoms with E-state index in [1.54, 1.807) is 30.6 Å². The number of rotatable bonds is 4. The highest BCUT2D eigenvalue weighted by atomic mass is 16.3. The number of amides is 1. The lowest BCUT2D eigenvalue weighted by Gasteiger charge is -2.26. The van der Waals surface area contributed by atoms with Gasteiger partial charge in [0.05, 0.1) is 29.7 Å². The fraction of sp³-hybridized carbons (Fsp3) is 0.400. The first-order chi connectivity index (χ1) is 9.89. The van der Waals surface area contributed by atoms with Crippen LogP contribution in [0.5, 0.6) is 0 Å². The fourth-order valence-electron chi connectivity index (χ4n) is 1.79. The van der Waals surface area contributed by atoms with Crippen LogP contribution in [0.4, 0.5) is 0 Å². The van der Waals surface area contributed by atoms with Crippen LogP contribution >= 0.6 is 0 Å². The largest absolute Gasteiger partial charge is 0.391 e. The van der Waals surface area contributed by atoms with Crippen molar-refractivity contribution >= 4 is 5.91 Å².